The van der Waals surface area contributed by atoms with Crippen molar-refractivity contribution in [2.75, 3.05) is 29.4 Å². The van der Waals surface area contributed by atoms with Crippen molar-refractivity contribution < 1.29 is 4.42 Å². The third-order valence-corrected chi connectivity index (χ3v) is 29.3. The highest BCUT2D eigenvalue weighted by atomic mass is 32.1. The standard InChI is InChI=1S/C66H43N3S3.C54H37N3OS/c1-5-15-46(16-6-1)67(47-17-7-2-8-18-47)51-32-37-63-59(40-51)57-35-31-54(43-66(57)72-63)69(49-21-11-4-12-22-49)52-33-38-64-60(41-52)56-34-30-53(42-65(56)71-64)68(48-19-9-3-10-20-48)50-28-25-44(26-29-50)45-27-36-62-58(39-45)55-23-13-14-24-61(55)70-62;1-6-16-38(17-7-1)55(39-18-8-2-9-19-39)43-28-32-51-49(34-43)47-30-26-45(36-52(47)58-51)57(42-24-14-5-15-25-42)44-29-33-53-50(35-44)48-31-27-46(37-54(48)59-53)56(40-20-10-3-11-21-40)41-22-12-4-13-23-41/h1-43H;1-37H. The molecule has 0 N–H and O–H groups in total. The summed E-state index contributed by atoms with van der Waals surface area (Å²) in [7, 11) is 0. The monoisotopic (exact) mass is 1750 g/mol. The first-order valence-corrected chi connectivity index (χ1v) is 47.3. The van der Waals surface area contributed by atoms with E-state index in [1.807, 2.05) is 45.3 Å². The van der Waals surface area contributed by atoms with Crippen molar-refractivity contribution in [1.82, 2.24) is 0 Å². The highest BCUT2D eigenvalue weighted by molar-refractivity contribution is 7.27. The minimum Gasteiger partial charge on any atom is -0.456 e. The van der Waals surface area contributed by atoms with Gasteiger partial charge in [-0.3, -0.25) is 0 Å². The lowest BCUT2D eigenvalue weighted by molar-refractivity contribution is 0.669. The SMILES string of the molecule is c1ccc(N(c2ccc(-c3ccc4sc5ccccc5c4c3)cc2)c2ccc3c(c2)sc2ccc(N(c4ccccc4)c4ccc5c(c4)sc4ccc(N(c6ccccc6)c6ccccc6)cc45)cc23)cc1.c1ccc(N(c2ccccc2)c2ccc3c(c2)sc2ccc(N(c4ccccc4)c4ccc5c(c4)oc4ccc(N(c6ccccc6)c6ccccc6)cc45)cc23)cc1. The van der Waals surface area contributed by atoms with Crippen molar-refractivity contribution in [2.24, 2.45) is 0 Å². The zero-order chi connectivity index (χ0) is 86.7. The largest absolute Gasteiger partial charge is 0.456 e. The lowest BCUT2D eigenvalue weighted by atomic mass is 10.0. The summed E-state index contributed by atoms with van der Waals surface area (Å²) in [4.78, 5) is 14.1. The molecule has 0 aliphatic heterocycles. The van der Waals surface area contributed by atoms with Gasteiger partial charge in [-0.25, -0.2) is 0 Å². The van der Waals surface area contributed by atoms with Crippen molar-refractivity contribution in [3.63, 3.8) is 0 Å². The second-order valence-electron chi connectivity index (χ2n) is 32.7. The maximum atomic E-state index is 6.62. The Morgan fingerprint density at radius 1 is 0.122 bits per heavy atom. The molecule has 20 aromatic carbocycles. The molecular formula is C120H80N6OS4. The average Bonchev–Trinajstić information content (AvgIpc) is 1.65. The highest BCUT2D eigenvalue weighted by Gasteiger charge is 2.25. The van der Waals surface area contributed by atoms with Crippen molar-refractivity contribution in [3.8, 4) is 11.1 Å². The van der Waals surface area contributed by atoms with E-state index in [0.29, 0.717) is 0 Å². The van der Waals surface area contributed by atoms with Crippen molar-refractivity contribution in [1.29, 1.82) is 0 Å². The van der Waals surface area contributed by atoms with E-state index in [9.17, 15) is 0 Å². The molecule has 0 fully saturated rings. The predicted molar refractivity (Wildman–Crippen MR) is 565 cm³/mol. The molecule has 0 amide bonds. The van der Waals surface area contributed by atoms with Crippen molar-refractivity contribution in [3.05, 3.63) is 485 Å². The fraction of sp³-hybridized carbons (Fsp3) is 0. The van der Waals surface area contributed by atoms with Gasteiger partial charge in [0.05, 0.1) is 0 Å². The molecule has 0 radical (unpaired) electrons. The Hall–Kier alpha value is -16.1. The summed E-state index contributed by atoms with van der Waals surface area (Å²) in [6.45, 7) is 0. The van der Waals surface area contributed by atoms with E-state index in [1.165, 1.54) is 91.8 Å². The minimum atomic E-state index is 0.845. The third-order valence-electron chi connectivity index (χ3n) is 24.8. The van der Waals surface area contributed by atoms with Gasteiger partial charge in [-0.1, -0.05) is 218 Å². The molecule has 25 rings (SSSR count). The van der Waals surface area contributed by atoms with Gasteiger partial charge in [0, 0.05) is 200 Å². The number of fused-ring (bicyclic) bond motifs is 15. The molecule has 0 aliphatic rings. The number of rotatable bonds is 19. The average molecular weight is 1750 g/mol. The molecule has 7 nitrogen and oxygen atoms in total. The summed E-state index contributed by atoms with van der Waals surface area (Å²) < 4.78 is 16.8. The molecule has 0 saturated carbocycles. The van der Waals surface area contributed by atoms with Crippen LogP contribution in [0.1, 0.15) is 0 Å². The lowest BCUT2D eigenvalue weighted by Crippen LogP contribution is -2.09. The van der Waals surface area contributed by atoms with E-state index in [4.69, 9.17) is 4.42 Å². The van der Waals surface area contributed by atoms with Crippen LogP contribution in [0.15, 0.2) is 490 Å². The van der Waals surface area contributed by atoms with Gasteiger partial charge in [0.1, 0.15) is 11.2 Å². The molecule has 0 aliphatic carbocycles. The molecule has 0 unspecified atom stereocenters. The zero-order valence-electron chi connectivity index (χ0n) is 70.9. The number of anilines is 18. The van der Waals surface area contributed by atoms with Crippen molar-refractivity contribution in [2.45, 2.75) is 0 Å². The van der Waals surface area contributed by atoms with E-state index in [0.717, 1.165) is 124 Å². The van der Waals surface area contributed by atoms with Gasteiger partial charge in [-0.2, -0.15) is 0 Å². The van der Waals surface area contributed by atoms with Crippen molar-refractivity contribution >= 4 is 250 Å². The Morgan fingerprint density at radius 3 is 0.695 bits per heavy atom. The van der Waals surface area contributed by atoms with Crippen LogP contribution in [-0.4, -0.2) is 0 Å². The molecule has 131 heavy (non-hydrogen) atoms. The summed E-state index contributed by atoms with van der Waals surface area (Å²) in [5.41, 5.74) is 24.1. The second kappa shape index (κ2) is 33.9. The smallest absolute Gasteiger partial charge is 0.137 e. The minimum absolute atomic E-state index is 0.845. The van der Waals surface area contributed by atoms with E-state index in [1.54, 1.807) is 0 Å². The normalized spacial score (nSPS) is 11.5. The van der Waals surface area contributed by atoms with Gasteiger partial charge in [0.2, 0.25) is 0 Å². The van der Waals surface area contributed by atoms with E-state index in [2.05, 4.69) is 515 Å². The fourth-order valence-corrected chi connectivity index (χ4v) is 23.2. The molecular weight excluding hydrogens is 1670 g/mol. The molecule has 5 aromatic heterocycles. The number of nitrogens with zero attached hydrogens (tertiary/aromatic N) is 6. The Kier molecular flexibility index (Phi) is 20.3. The number of furan rings is 1. The summed E-state index contributed by atoms with van der Waals surface area (Å²) in [5, 5.41) is 12.3. The van der Waals surface area contributed by atoms with Crippen LogP contribution in [0, 0.1) is 0 Å². The van der Waals surface area contributed by atoms with Crippen LogP contribution in [-0.2, 0) is 0 Å². The maximum absolute atomic E-state index is 6.62. The first kappa shape index (κ1) is 78.4. The van der Waals surface area contributed by atoms with Crippen LogP contribution in [0.3, 0.4) is 0 Å². The van der Waals surface area contributed by atoms with Gasteiger partial charge < -0.3 is 33.8 Å². The lowest BCUT2D eigenvalue weighted by Gasteiger charge is -2.26. The Morgan fingerprint density at radius 2 is 0.344 bits per heavy atom. The highest BCUT2D eigenvalue weighted by Crippen LogP contribution is 2.51. The Bertz CT molecular complexity index is 8370. The van der Waals surface area contributed by atoms with Crippen LogP contribution >= 0.6 is 45.3 Å². The fourth-order valence-electron chi connectivity index (χ4n) is 18.7. The van der Waals surface area contributed by atoms with E-state index in [-0.39, 0.29) is 0 Å². The molecule has 0 spiro atoms. The zero-order valence-corrected chi connectivity index (χ0v) is 74.2. The van der Waals surface area contributed by atoms with E-state index >= 15 is 0 Å². The Balaban J connectivity index is 0.000000148. The number of hydrogen-bond acceptors (Lipinski definition) is 11. The summed E-state index contributed by atoms with van der Waals surface area (Å²) >= 11 is 7.41. The van der Waals surface area contributed by atoms with Gasteiger partial charge in [-0.05, 0) is 272 Å². The summed E-state index contributed by atoms with van der Waals surface area (Å²) in [6.07, 6.45) is 0. The van der Waals surface area contributed by atoms with Crippen LogP contribution < -0.4 is 29.4 Å². The van der Waals surface area contributed by atoms with E-state index < -0.39 is 0 Å². The first-order chi connectivity index (χ1) is 64.9. The van der Waals surface area contributed by atoms with Gasteiger partial charge in [0.25, 0.3) is 0 Å². The van der Waals surface area contributed by atoms with Crippen LogP contribution in [0.4, 0.5) is 102 Å². The second-order valence-corrected chi connectivity index (χ2v) is 37.1. The van der Waals surface area contributed by atoms with Crippen LogP contribution in [0.25, 0.3) is 114 Å². The molecule has 0 saturated heterocycles. The first-order valence-electron chi connectivity index (χ1n) is 44.1. The number of para-hydroxylation sites is 9. The third kappa shape index (κ3) is 14.8. The maximum Gasteiger partial charge on any atom is 0.137 e. The molecule has 11 heteroatoms. The number of thiophene rings is 4. The summed E-state index contributed by atoms with van der Waals surface area (Å²) in [6, 6.07) is 175. The summed E-state index contributed by atoms with van der Waals surface area (Å²) in [5.74, 6) is 0. The predicted octanol–water partition coefficient (Wildman–Crippen LogP) is 37.2. The van der Waals surface area contributed by atoms with Gasteiger partial charge in [-0.15, -0.1) is 45.3 Å². The molecule has 25 aromatic rings. The number of hydrogen-bond donors (Lipinski definition) is 0. The van der Waals surface area contributed by atoms with Gasteiger partial charge in [0.15, 0.2) is 0 Å². The Labute approximate surface area is 774 Å². The molecule has 0 atom stereocenters. The molecule has 5 heterocycles. The topological polar surface area (TPSA) is 32.6 Å². The number of benzene rings is 20. The quantitative estimate of drug-likeness (QED) is 0.0798. The van der Waals surface area contributed by atoms with Crippen LogP contribution in [0.2, 0.25) is 0 Å². The van der Waals surface area contributed by atoms with Gasteiger partial charge >= 0.3 is 0 Å². The molecule has 0 bridgehead atoms. The van der Waals surface area contributed by atoms with Crippen LogP contribution in [0.5, 0.6) is 0 Å². The molecule has 620 valence electrons.